The summed E-state index contributed by atoms with van der Waals surface area (Å²) in [5.74, 6) is -0.356. The Labute approximate surface area is 209 Å². The van der Waals surface area contributed by atoms with Crippen LogP contribution >= 0.6 is 0 Å². The number of para-hydroxylation sites is 2. The summed E-state index contributed by atoms with van der Waals surface area (Å²) in [6.07, 6.45) is 3.83. The predicted molar refractivity (Wildman–Crippen MR) is 144 cm³/mol. The van der Waals surface area contributed by atoms with Gasteiger partial charge in [-0.1, -0.05) is 51.0 Å². The van der Waals surface area contributed by atoms with Crippen LogP contribution in [0.4, 0.5) is 16.2 Å². The van der Waals surface area contributed by atoms with Crippen molar-refractivity contribution in [1.29, 1.82) is 0 Å². The van der Waals surface area contributed by atoms with Crippen LogP contribution < -0.4 is 21.3 Å². The van der Waals surface area contributed by atoms with Gasteiger partial charge in [0.1, 0.15) is 11.4 Å². The molecule has 0 saturated heterocycles. The first-order valence-corrected chi connectivity index (χ1v) is 12.4. The fraction of sp³-hybridized carbons (Fsp3) is 0.296. The number of carbonyl (C=O) groups is 3. The van der Waals surface area contributed by atoms with E-state index in [1.807, 2.05) is 24.3 Å². The van der Waals surface area contributed by atoms with Crippen LogP contribution in [0.15, 0.2) is 48.5 Å². The van der Waals surface area contributed by atoms with E-state index in [1.54, 1.807) is 24.3 Å². The summed E-state index contributed by atoms with van der Waals surface area (Å²) in [6, 6.07) is 14.0. The third-order valence-electron chi connectivity index (χ3n) is 5.93. The van der Waals surface area contributed by atoms with Gasteiger partial charge in [0.25, 0.3) is 11.8 Å². The number of anilines is 2. The van der Waals surface area contributed by atoms with Gasteiger partial charge in [-0.05, 0) is 37.1 Å². The normalized spacial score (nSPS) is 10.9. The van der Waals surface area contributed by atoms with Crippen molar-refractivity contribution in [2.24, 2.45) is 0 Å². The van der Waals surface area contributed by atoms with Gasteiger partial charge in [0.05, 0.1) is 22.4 Å². The summed E-state index contributed by atoms with van der Waals surface area (Å²) in [7, 11) is 0. The minimum atomic E-state index is -0.443. The molecule has 4 amide bonds. The molecule has 188 valence electrons. The first-order valence-electron chi connectivity index (χ1n) is 12.4. The molecule has 6 N–H and O–H groups in total. The van der Waals surface area contributed by atoms with Gasteiger partial charge in [-0.15, -0.1) is 0 Å². The molecule has 9 nitrogen and oxygen atoms in total. The molecule has 9 heteroatoms. The minimum Gasteiger partial charge on any atom is -0.351 e. The lowest BCUT2D eigenvalue weighted by Crippen LogP contribution is -2.24. The lowest BCUT2D eigenvalue weighted by Gasteiger charge is -2.09. The van der Waals surface area contributed by atoms with E-state index >= 15 is 0 Å². The number of aromatic amines is 2. The number of nitrogens with one attached hydrogen (secondary N) is 6. The zero-order valence-electron chi connectivity index (χ0n) is 20.6. The summed E-state index contributed by atoms with van der Waals surface area (Å²) in [4.78, 5) is 44.0. The van der Waals surface area contributed by atoms with Gasteiger partial charge < -0.3 is 31.2 Å². The van der Waals surface area contributed by atoms with E-state index in [0.717, 1.165) is 36.5 Å². The lowest BCUT2D eigenvalue weighted by molar-refractivity contribution is 0.0941. The highest BCUT2D eigenvalue weighted by molar-refractivity contribution is 6.10. The zero-order valence-corrected chi connectivity index (χ0v) is 20.6. The van der Waals surface area contributed by atoms with Gasteiger partial charge in [-0.2, -0.15) is 0 Å². The molecule has 0 aliphatic rings. The van der Waals surface area contributed by atoms with Gasteiger partial charge >= 0.3 is 6.03 Å². The maximum absolute atomic E-state index is 12.9. The van der Waals surface area contributed by atoms with Gasteiger partial charge in [0.15, 0.2) is 0 Å². The van der Waals surface area contributed by atoms with Crippen LogP contribution in [0.25, 0.3) is 21.8 Å². The topological polar surface area (TPSA) is 131 Å². The van der Waals surface area contributed by atoms with Crippen LogP contribution in [-0.4, -0.2) is 40.9 Å². The number of unbranched alkanes of at least 4 members (excludes halogenated alkanes) is 2. The van der Waals surface area contributed by atoms with Crippen molar-refractivity contribution in [3.8, 4) is 0 Å². The Morgan fingerprint density at radius 2 is 1.14 bits per heavy atom. The van der Waals surface area contributed by atoms with Crippen molar-refractivity contribution >= 4 is 51.0 Å². The number of carbonyl (C=O) groups excluding carboxylic acids is 3. The summed E-state index contributed by atoms with van der Waals surface area (Å²) < 4.78 is 0. The van der Waals surface area contributed by atoms with E-state index in [9.17, 15) is 14.4 Å². The van der Waals surface area contributed by atoms with Crippen molar-refractivity contribution in [2.45, 2.75) is 39.5 Å². The summed E-state index contributed by atoms with van der Waals surface area (Å²) in [5, 5.41) is 13.1. The van der Waals surface area contributed by atoms with Gasteiger partial charge in [-0.3, -0.25) is 9.59 Å². The van der Waals surface area contributed by atoms with Gasteiger partial charge in [0, 0.05) is 23.9 Å². The standard InChI is InChI=1S/C27H32N6O3/c1-3-5-13-28-25(34)21-15-17-9-7-11-19(23(17)30-21)32-27(36)33-20-12-8-10-18-16-22(31-24(18)20)26(35)29-14-6-4-2/h7-12,15-16,30-31H,3-6,13-14H2,1-2H3,(H,28,34)(H,29,35)(H2,32,33,36). The Kier molecular flexibility index (Phi) is 7.89. The first kappa shape index (κ1) is 24.8. The molecule has 0 bridgehead atoms. The van der Waals surface area contributed by atoms with E-state index in [2.05, 4.69) is 45.1 Å². The SMILES string of the molecule is CCCCNC(=O)c1cc2cccc(NC(=O)Nc3cccc4cc(C(=O)NCCCC)[nH]c34)c2[nH]1. The third-order valence-corrected chi connectivity index (χ3v) is 5.93. The number of rotatable bonds is 10. The Morgan fingerprint density at radius 1 is 0.694 bits per heavy atom. The van der Waals surface area contributed by atoms with Crippen LogP contribution in [0, 0.1) is 0 Å². The molecule has 2 heterocycles. The van der Waals surface area contributed by atoms with Crippen molar-refractivity contribution in [3.63, 3.8) is 0 Å². The van der Waals surface area contributed by atoms with Crippen LogP contribution in [0.3, 0.4) is 0 Å². The monoisotopic (exact) mass is 488 g/mol. The van der Waals surface area contributed by atoms with E-state index in [4.69, 9.17) is 0 Å². The maximum atomic E-state index is 12.9. The largest absolute Gasteiger partial charge is 0.351 e. The molecule has 0 saturated carbocycles. The second-order valence-corrected chi connectivity index (χ2v) is 8.70. The highest BCUT2D eigenvalue weighted by atomic mass is 16.2. The second kappa shape index (κ2) is 11.4. The van der Waals surface area contributed by atoms with Crippen LogP contribution in [0.5, 0.6) is 0 Å². The molecular weight excluding hydrogens is 456 g/mol. The molecule has 0 aliphatic heterocycles. The molecule has 4 aromatic rings. The molecule has 4 rings (SSSR count). The Balaban J connectivity index is 1.48. The summed E-state index contributed by atoms with van der Waals surface area (Å²) >= 11 is 0. The number of benzene rings is 2. The smallest absolute Gasteiger partial charge is 0.323 e. The minimum absolute atomic E-state index is 0.178. The number of H-pyrrole nitrogens is 2. The number of fused-ring (bicyclic) bond motifs is 2. The highest BCUT2D eigenvalue weighted by Crippen LogP contribution is 2.26. The van der Waals surface area contributed by atoms with Crippen LogP contribution in [-0.2, 0) is 0 Å². The van der Waals surface area contributed by atoms with E-state index in [-0.39, 0.29) is 11.8 Å². The lowest BCUT2D eigenvalue weighted by atomic mass is 10.2. The Hall–Kier alpha value is -4.27. The molecule has 2 aromatic carbocycles. The number of aromatic nitrogens is 2. The molecule has 36 heavy (non-hydrogen) atoms. The molecule has 0 radical (unpaired) electrons. The molecule has 2 aromatic heterocycles. The average Bonchev–Trinajstić information content (AvgIpc) is 3.50. The van der Waals surface area contributed by atoms with Gasteiger partial charge in [-0.25, -0.2) is 4.79 Å². The molecule has 0 fully saturated rings. The number of hydrogen-bond donors (Lipinski definition) is 6. The van der Waals surface area contributed by atoms with Gasteiger partial charge in [0.2, 0.25) is 0 Å². The van der Waals surface area contributed by atoms with Crippen molar-refractivity contribution in [2.75, 3.05) is 23.7 Å². The average molecular weight is 489 g/mol. The van der Waals surface area contributed by atoms with E-state index in [0.29, 0.717) is 46.9 Å². The quantitative estimate of drug-likeness (QED) is 0.168. The van der Waals surface area contributed by atoms with E-state index < -0.39 is 6.03 Å². The zero-order chi connectivity index (χ0) is 25.5. The molecule has 0 unspecified atom stereocenters. The van der Waals surface area contributed by atoms with E-state index in [1.165, 1.54) is 0 Å². The first-order chi connectivity index (χ1) is 17.5. The van der Waals surface area contributed by atoms with Crippen molar-refractivity contribution in [1.82, 2.24) is 20.6 Å². The highest BCUT2D eigenvalue weighted by Gasteiger charge is 2.15. The third kappa shape index (κ3) is 5.68. The summed E-state index contributed by atoms with van der Waals surface area (Å²) in [6.45, 7) is 5.37. The Morgan fingerprint density at radius 3 is 1.56 bits per heavy atom. The molecule has 0 atom stereocenters. The number of urea groups is 1. The number of amides is 4. The predicted octanol–water partition coefficient (Wildman–Crippen LogP) is 5.35. The van der Waals surface area contributed by atoms with Crippen molar-refractivity contribution < 1.29 is 14.4 Å². The second-order valence-electron chi connectivity index (χ2n) is 8.70. The molecule has 0 spiro atoms. The molecule has 0 aliphatic carbocycles. The van der Waals surface area contributed by atoms with Crippen LogP contribution in [0.1, 0.15) is 60.5 Å². The maximum Gasteiger partial charge on any atom is 0.323 e. The number of hydrogen-bond acceptors (Lipinski definition) is 3. The fourth-order valence-electron chi connectivity index (χ4n) is 3.99. The van der Waals surface area contributed by atoms with Crippen LogP contribution in [0.2, 0.25) is 0 Å². The molecular formula is C27H32N6O3. The summed E-state index contributed by atoms with van der Waals surface area (Å²) in [5.41, 5.74) is 3.31. The fourth-order valence-corrected chi connectivity index (χ4v) is 3.99. The Bertz CT molecular complexity index is 1280. The van der Waals surface area contributed by atoms with Crippen molar-refractivity contribution in [3.05, 3.63) is 59.9 Å².